The van der Waals surface area contributed by atoms with Crippen molar-refractivity contribution >= 4 is 27.0 Å². The number of hydrogen-bond donors (Lipinski definition) is 0. The molecule has 0 fully saturated rings. The molecular formula is C6H12INO2. The number of carbonyl (C=O) groups is 1. The van der Waals surface area contributed by atoms with Gasteiger partial charge in [0.2, 0.25) is 0 Å². The fourth-order valence-corrected chi connectivity index (χ4v) is 1.90. The molecule has 0 saturated heterocycles. The molecule has 0 aromatic carbocycles. The van der Waals surface area contributed by atoms with Gasteiger partial charge < -0.3 is 4.74 Å². The second-order valence-corrected chi connectivity index (χ2v) is 3.75. The molecule has 3 nitrogen and oxygen atoms in total. The molecule has 0 aliphatic rings. The minimum Gasteiger partial charge on any atom is -0.467 e. The van der Waals surface area contributed by atoms with Crippen molar-refractivity contribution in [2.75, 3.05) is 12.0 Å². The normalized spacial score (nSPS) is 12.8. The van der Waals surface area contributed by atoms with E-state index < -0.39 is 5.54 Å². The Bertz CT molecular complexity index is 154. The zero-order valence-corrected chi connectivity index (χ0v) is 8.80. The third-order valence-corrected chi connectivity index (χ3v) is 2.67. The first-order valence-electron chi connectivity index (χ1n) is 2.84. The van der Waals surface area contributed by atoms with Crippen molar-refractivity contribution in [2.24, 2.45) is 3.15 Å². The third-order valence-electron chi connectivity index (χ3n) is 0.981. The van der Waals surface area contributed by atoms with E-state index in [9.17, 15) is 4.79 Å². The Morgan fingerprint density at radius 3 is 2.40 bits per heavy atom. The largest absolute Gasteiger partial charge is 0.467 e. The van der Waals surface area contributed by atoms with Gasteiger partial charge in [0.1, 0.15) is 0 Å². The maximum atomic E-state index is 10.9. The van der Waals surface area contributed by atoms with Gasteiger partial charge in [0.05, 0.1) is 7.11 Å². The van der Waals surface area contributed by atoms with Crippen LogP contribution in [0, 0.1) is 0 Å². The van der Waals surface area contributed by atoms with Crippen LogP contribution in [0.5, 0.6) is 0 Å². The second kappa shape index (κ2) is 4.00. The van der Waals surface area contributed by atoms with Crippen LogP contribution in [0.15, 0.2) is 3.15 Å². The molecule has 60 valence electrons. The molecule has 0 saturated carbocycles. The lowest BCUT2D eigenvalue weighted by Crippen LogP contribution is -2.29. The summed E-state index contributed by atoms with van der Waals surface area (Å²) < 4.78 is 8.72. The Morgan fingerprint density at radius 2 is 2.10 bits per heavy atom. The molecule has 0 N–H and O–H groups in total. The van der Waals surface area contributed by atoms with Gasteiger partial charge >= 0.3 is 5.97 Å². The van der Waals surface area contributed by atoms with Gasteiger partial charge in [-0.05, 0) is 39.8 Å². The van der Waals surface area contributed by atoms with E-state index in [4.69, 9.17) is 0 Å². The molecule has 0 aliphatic heterocycles. The number of hydrogen-bond acceptors (Lipinski definition) is 3. The Labute approximate surface area is 71.3 Å². The van der Waals surface area contributed by atoms with Crippen LogP contribution in [0.2, 0.25) is 0 Å². The van der Waals surface area contributed by atoms with Crippen molar-refractivity contribution in [3.05, 3.63) is 0 Å². The van der Waals surface area contributed by atoms with Crippen molar-refractivity contribution < 1.29 is 9.53 Å². The summed E-state index contributed by atoms with van der Waals surface area (Å²) in [5, 5.41) is 0. The molecule has 0 unspecified atom stereocenters. The minimum atomic E-state index is -0.628. The maximum Gasteiger partial charge on any atom is 0.333 e. The number of rotatable bonds is 2. The highest BCUT2D eigenvalue weighted by Gasteiger charge is 2.26. The van der Waals surface area contributed by atoms with Gasteiger partial charge in [-0.25, -0.2) is 7.94 Å². The maximum absolute atomic E-state index is 10.9. The van der Waals surface area contributed by atoms with Gasteiger partial charge in [-0.3, -0.25) is 0 Å². The predicted octanol–water partition coefficient (Wildman–Crippen LogP) is 1.72. The van der Waals surface area contributed by atoms with Crippen molar-refractivity contribution in [2.45, 2.75) is 19.4 Å². The van der Waals surface area contributed by atoms with E-state index in [1.165, 1.54) is 7.11 Å². The number of halogens is 1. The van der Waals surface area contributed by atoms with E-state index in [0.29, 0.717) is 0 Å². The summed E-state index contributed by atoms with van der Waals surface area (Å²) in [6, 6.07) is 0. The van der Waals surface area contributed by atoms with Crippen LogP contribution in [-0.4, -0.2) is 23.5 Å². The molecule has 0 atom stereocenters. The smallest absolute Gasteiger partial charge is 0.333 e. The van der Waals surface area contributed by atoms with Crippen LogP contribution in [0.3, 0.4) is 0 Å². The van der Waals surface area contributed by atoms with Crippen LogP contribution in [0.1, 0.15) is 13.8 Å². The zero-order chi connectivity index (χ0) is 8.20. The molecule has 0 bridgehead atoms. The van der Waals surface area contributed by atoms with Crippen LogP contribution in [0.4, 0.5) is 0 Å². The Kier molecular flexibility index (Phi) is 4.00. The molecule has 0 aromatic rings. The average molecular weight is 257 g/mol. The van der Waals surface area contributed by atoms with Crippen molar-refractivity contribution in [3.8, 4) is 0 Å². The van der Waals surface area contributed by atoms with E-state index in [2.05, 4.69) is 7.88 Å². The summed E-state index contributed by atoms with van der Waals surface area (Å²) in [6.45, 7) is 3.53. The molecule has 0 rings (SSSR count). The predicted molar refractivity (Wildman–Crippen MR) is 48.5 cm³/mol. The summed E-state index contributed by atoms with van der Waals surface area (Å²) >= 11 is -0.198. The van der Waals surface area contributed by atoms with Gasteiger partial charge in [-0.2, -0.15) is 0 Å². The molecule has 4 heteroatoms. The lowest BCUT2D eigenvalue weighted by Gasteiger charge is -2.14. The zero-order valence-electron chi connectivity index (χ0n) is 6.64. The quantitative estimate of drug-likeness (QED) is 0.429. The topological polar surface area (TPSA) is 38.7 Å². The molecule has 0 heterocycles. The third kappa shape index (κ3) is 2.72. The monoisotopic (exact) mass is 257 g/mol. The number of nitrogens with zero attached hydrogens (tertiary/aromatic N) is 1. The van der Waals surface area contributed by atoms with Crippen molar-refractivity contribution in [3.63, 3.8) is 0 Å². The summed E-state index contributed by atoms with van der Waals surface area (Å²) in [5.74, 6) is -0.256. The molecule has 0 spiro atoms. The Morgan fingerprint density at radius 1 is 1.60 bits per heavy atom. The average Bonchev–Trinajstić information content (AvgIpc) is 1.86. The highest BCUT2D eigenvalue weighted by atomic mass is 127. The highest BCUT2D eigenvalue weighted by molar-refractivity contribution is 14.2. The Hall–Kier alpha value is 0. The van der Waals surface area contributed by atoms with Gasteiger partial charge in [0.15, 0.2) is 5.54 Å². The first-order valence-corrected chi connectivity index (χ1v) is 5.96. The van der Waals surface area contributed by atoms with Gasteiger partial charge in [-0.15, -0.1) is 0 Å². The summed E-state index contributed by atoms with van der Waals surface area (Å²) in [7, 11) is 1.38. The SMILES string of the molecule is COC(=O)C(C)(C)/N=I/C. The number of carbonyl (C=O) groups excluding carboxylic acids is 1. The fourth-order valence-electron chi connectivity index (χ4n) is 0.496. The first-order chi connectivity index (χ1) is 4.54. The first kappa shape index (κ1) is 10.0. The second-order valence-electron chi connectivity index (χ2n) is 2.30. The van der Waals surface area contributed by atoms with E-state index in [0.717, 1.165) is 0 Å². The number of methoxy groups -OCH3 is 1. The van der Waals surface area contributed by atoms with Gasteiger partial charge in [0.25, 0.3) is 0 Å². The van der Waals surface area contributed by atoms with Crippen LogP contribution >= 0.6 is 21.0 Å². The van der Waals surface area contributed by atoms with E-state index in [-0.39, 0.29) is 27.0 Å². The van der Waals surface area contributed by atoms with Gasteiger partial charge in [0, 0.05) is 0 Å². The van der Waals surface area contributed by atoms with E-state index >= 15 is 0 Å². The summed E-state index contributed by atoms with van der Waals surface area (Å²) in [5.41, 5.74) is -0.628. The fraction of sp³-hybridized carbons (Fsp3) is 0.833. The summed E-state index contributed by atoms with van der Waals surface area (Å²) in [6.07, 6.45) is 0. The minimum absolute atomic E-state index is 0.198. The van der Waals surface area contributed by atoms with E-state index in [1.54, 1.807) is 13.8 Å². The summed E-state index contributed by atoms with van der Waals surface area (Å²) in [4.78, 5) is 12.9. The van der Waals surface area contributed by atoms with Crippen molar-refractivity contribution in [1.82, 2.24) is 0 Å². The lowest BCUT2D eigenvalue weighted by molar-refractivity contribution is -0.145. The van der Waals surface area contributed by atoms with Crippen LogP contribution in [0.25, 0.3) is 0 Å². The van der Waals surface area contributed by atoms with Crippen LogP contribution < -0.4 is 0 Å². The molecule has 0 radical (unpaired) electrons. The number of alkyl halides is 1. The molecule has 0 aliphatic carbocycles. The van der Waals surface area contributed by atoms with Gasteiger partial charge in [-0.1, -0.05) is 0 Å². The van der Waals surface area contributed by atoms with Crippen LogP contribution in [-0.2, 0) is 9.53 Å². The standard InChI is InChI=1S/C6H12INO2/c1-6(2,8-7-3)5(9)10-4/h1-4H3. The number of ether oxygens (including phenoxy) is 1. The molecule has 10 heavy (non-hydrogen) atoms. The molecular weight excluding hydrogens is 245 g/mol. The van der Waals surface area contributed by atoms with Crippen molar-refractivity contribution in [1.29, 1.82) is 0 Å². The highest BCUT2D eigenvalue weighted by Crippen LogP contribution is 2.15. The lowest BCUT2D eigenvalue weighted by atomic mass is 10.1. The number of esters is 1. The Balaban J connectivity index is 4.24. The van der Waals surface area contributed by atoms with E-state index in [1.807, 2.05) is 4.93 Å². The molecule has 0 aromatic heterocycles. The molecule has 0 amide bonds.